The maximum Gasteiger partial charge on any atom is 0.308 e. The summed E-state index contributed by atoms with van der Waals surface area (Å²) in [5.74, 6) is -0.387. The number of aromatic nitrogens is 2. The number of aliphatic imine (C=N–C) groups is 1. The molecule has 3 unspecified atom stereocenters. The zero-order valence-corrected chi connectivity index (χ0v) is 20.8. The molecule has 4 heterocycles. The van der Waals surface area contributed by atoms with E-state index in [1.807, 2.05) is 18.2 Å². The molecule has 4 aliphatic rings. The van der Waals surface area contributed by atoms with Gasteiger partial charge in [-0.15, -0.1) is 11.3 Å². The smallest absolute Gasteiger partial charge is 0.308 e. The highest BCUT2D eigenvalue weighted by atomic mass is 32.1. The molecule has 2 bridgehead atoms. The molecule has 3 atom stereocenters. The summed E-state index contributed by atoms with van der Waals surface area (Å²) in [7, 11) is 0. The topological polar surface area (TPSA) is 102 Å². The van der Waals surface area contributed by atoms with Crippen LogP contribution in [0.25, 0.3) is 26.8 Å². The second-order valence-electron chi connectivity index (χ2n) is 10.3. The van der Waals surface area contributed by atoms with Crippen LogP contribution < -0.4 is 10.6 Å². The Balaban J connectivity index is 1.30. The summed E-state index contributed by atoms with van der Waals surface area (Å²) in [6.45, 7) is 0. The van der Waals surface area contributed by atoms with Gasteiger partial charge in [-0.05, 0) is 67.2 Å². The fourth-order valence-corrected chi connectivity index (χ4v) is 7.47. The molecule has 188 valence electrons. The average Bonchev–Trinajstić information content (AvgIpc) is 3.53. The highest BCUT2D eigenvalue weighted by Gasteiger charge is 2.47. The van der Waals surface area contributed by atoms with Gasteiger partial charge < -0.3 is 15.4 Å². The first kappa shape index (κ1) is 22.6. The summed E-state index contributed by atoms with van der Waals surface area (Å²) in [5.41, 5.74) is 2.11. The SMILES string of the molecule is O=C(O)C1C2CCC(CC2)C1NC1C=C(c2cc3ccccc3s2)N=C(c2c[nH]c3ncc(F)cc23)N1. The predicted octanol–water partition coefficient (Wildman–Crippen LogP) is 5.11. The van der Waals surface area contributed by atoms with Crippen LogP contribution in [-0.2, 0) is 4.79 Å². The van der Waals surface area contributed by atoms with E-state index in [1.165, 1.54) is 17.0 Å². The van der Waals surface area contributed by atoms with Crippen molar-refractivity contribution in [1.82, 2.24) is 20.6 Å². The lowest BCUT2D eigenvalue weighted by molar-refractivity contribution is -0.149. The molecule has 4 N–H and O–H groups in total. The fourth-order valence-electron chi connectivity index (χ4n) is 6.44. The first-order chi connectivity index (χ1) is 18.0. The second-order valence-corrected chi connectivity index (χ2v) is 11.3. The molecule has 9 heteroatoms. The van der Waals surface area contributed by atoms with Crippen LogP contribution in [0.1, 0.15) is 36.1 Å². The molecule has 3 saturated carbocycles. The van der Waals surface area contributed by atoms with Gasteiger partial charge in [0.2, 0.25) is 0 Å². The monoisotopic (exact) mass is 515 g/mol. The number of aliphatic carboxylic acids is 1. The standard InChI is InChI=1S/C28H26FN5O2S/c29-17-10-18-19(13-31-26(18)30-12-17)27-32-20(22-9-16-3-1-2-4-21(16)37-22)11-23(34-27)33-25-15-7-5-14(6-8-15)24(25)28(35)36/h1-4,9-15,23-25,33H,5-8H2,(H,30,31)(H,32,34)(H,35,36). The molecule has 0 radical (unpaired) electrons. The molecule has 0 amide bonds. The quantitative estimate of drug-likeness (QED) is 0.296. The van der Waals surface area contributed by atoms with Crippen LogP contribution in [-0.4, -0.2) is 39.1 Å². The molecule has 8 rings (SSSR count). The summed E-state index contributed by atoms with van der Waals surface area (Å²) in [6.07, 6.45) is 8.78. The number of carbonyl (C=O) groups is 1. The third-order valence-corrected chi connectivity index (χ3v) is 9.29. The number of H-pyrrole nitrogens is 1. The van der Waals surface area contributed by atoms with Crippen LogP contribution in [0, 0.1) is 23.6 Å². The average molecular weight is 516 g/mol. The minimum Gasteiger partial charge on any atom is -0.481 e. The molecule has 1 aromatic carbocycles. The zero-order chi connectivity index (χ0) is 25.1. The van der Waals surface area contributed by atoms with Crippen molar-refractivity contribution in [1.29, 1.82) is 0 Å². The Hall–Kier alpha value is -3.56. The summed E-state index contributed by atoms with van der Waals surface area (Å²) in [4.78, 5) is 25.5. The third-order valence-electron chi connectivity index (χ3n) is 8.16. The van der Waals surface area contributed by atoms with Crippen molar-refractivity contribution in [2.45, 2.75) is 37.9 Å². The molecule has 1 aliphatic heterocycles. The molecule has 4 aromatic rings. The van der Waals surface area contributed by atoms with E-state index in [-0.39, 0.29) is 18.1 Å². The van der Waals surface area contributed by atoms with Gasteiger partial charge >= 0.3 is 5.97 Å². The Morgan fingerprint density at radius 2 is 1.95 bits per heavy atom. The zero-order valence-electron chi connectivity index (χ0n) is 19.9. The van der Waals surface area contributed by atoms with E-state index in [9.17, 15) is 14.3 Å². The van der Waals surface area contributed by atoms with Gasteiger partial charge in [-0.1, -0.05) is 18.2 Å². The van der Waals surface area contributed by atoms with E-state index in [2.05, 4.69) is 38.8 Å². The number of thiophene rings is 1. The lowest BCUT2D eigenvalue weighted by Crippen LogP contribution is -2.60. The Morgan fingerprint density at radius 1 is 1.14 bits per heavy atom. The van der Waals surface area contributed by atoms with Crippen LogP contribution in [0.5, 0.6) is 0 Å². The first-order valence-electron chi connectivity index (χ1n) is 12.7. The highest BCUT2D eigenvalue weighted by molar-refractivity contribution is 7.20. The lowest BCUT2D eigenvalue weighted by atomic mass is 9.61. The van der Waals surface area contributed by atoms with E-state index in [4.69, 9.17) is 4.99 Å². The number of amidine groups is 1. The largest absolute Gasteiger partial charge is 0.481 e. The third kappa shape index (κ3) is 3.93. The summed E-state index contributed by atoms with van der Waals surface area (Å²) < 4.78 is 15.3. The van der Waals surface area contributed by atoms with Gasteiger partial charge in [-0.2, -0.15) is 0 Å². The molecule has 0 spiro atoms. The fraction of sp³-hybridized carbons (Fsp3) is 0.321. The number of carboxylic acids is 1. The number of pyridine rings is 1. The van der Waals surface area contributed by atoms with Gasteiger partial charge in [-0.3, -0.25) is 10.1 Å². The van der Waals surface area contributed by atoms with E-state index < -0.39 is 17.7 Å². The minimum atomic E-state index is -0.719. The number of fused-ring (bicyclic) bond motifs is 5. The number of nitrogens with one attached hydrogen (secondary N) is 3. The summed E-state index contributed by atoms with van der Waals surface area (Å²) in [5, 5.41) is 19.0. The molecule has 3 fully saturated rings. The number of aromatic amines is 1. The van der Waals surface area contributed by atoms with Crippen molar-refractivity contribution in [2.75, 3.05) is 0 Å². The molecule has 3 aliphatic carbocycles. The molecule has 37 heavy (non-hydrogen) atoms. The van der Waals surface area contributed by atoms with Gasteiger partial charge in [0.05, 0.1) is 28.9 Å². The Labute approximate surface area is 216 Å². The Morgan fingerprint density at radius 3 is 2.76 bits per heavy atom. The van der Waals surface area contributed by atoms with Crippen molar-refractivity contribution >= 4 is 50.0 Å². The van der Waals surface area contributed by atoms with Gasteiger partial charge in [0.1, 0.15) is 17.3 Å². The molecular formula is C28H26FN5O2S. The number of nitrogens with zero attached hydrogens (tertiary/aromatic N) is 2. The summed E-state index contributed by atoms with van der Waals surface area (Å²) >= 11 is 1.67. The van der Waals surface area contributed by atoms with Gasteiger partial charge in [0, 0.05) is 27.9 Å². The molecule has 0 saturated heterocycles. The first-order valence-corrected chi connectivity index (χ1v) is 13.5. The maximum atomic E-state index is 14.1. The summed E-state index contributed by atoms with van der Waals surface area (Å²) in [6, 6.07) is 11.7. The number of halogens is 1. The number of rotatable bonds is 5. The van der Waals surface area contributed by atoms with Crippen LogP contribution in [0.4, 0.5) is 4.39 Å². The van der Waals surface area contributed by atoms with Crippen LogP contribution in [0.3, 0.4) is 0 Å². The van der Waals surface area contributed by atoms with Crippen molar-refractivity contribution < 1.29 is 14.3 Å². The number of benzene rings is 1. The molecule has 7 nitrogen and oxygen atoms in total. The Bertz CT molecular complexity index is 1550. The van der Waals surface area contributed by atoms with Gasteiger partial charge in [-0.25, -0.2) is 14.4 Å². The van der Waals surface area contributed by atoms with Crippen molar-refractivity contribution in [3.05, 3.63) is 71.1 Å². The van der Waals surface area contributed by atoms with E-state index in [1.54, 1.807) is 17.5 Å². The van der Waals surface area contributed by atoms with Crippen molar-refractivity contribution in [3.63, 3.8) is 0 Å². The van der Waals surface area contributed by atoms with Crippen molar-refractivity contribution in [2.24, 2.45) is 22.7 Å². The van der Waals surface area contributed by atoms with Crippen LogP contribution in [0.2, 0.25) is 0 Å². The van der Waals surface area contributed by atoms with Gasteiger partial charge in [0.15, 0.2) is 0 Å². The van der Waals surface area contributed by atoms with E-state index in [0.717, 1.165) is 47.2 Å². The number of hydrogen-bond acceptors (Lipinski definition) is 6. The van der Waals surface area contributed by atoms with E-state index >= 15 is 0 Å². The van der Waals surface area contributed by atoms with Crippen LogP contribution in [0.15, 0.2) is 59.9 Å². The highest BCUT2D eigenvalue weighted by Crippen LogP contribution is 2.45. The maximum absolute atomic E-state index is 14.1. The molecular weight excluding hydrogens is 489 g/mol. The second kappa shape index (κ2) is 8.78. The van der Waals surface area contributed by atoms with Crippen LogP contribution >= 0.6 is 11.3 Å². The lowest BCUT2D eigenvalue weighted by Gasteiger charge is -2.48. The normalized spacial score (nSPS) is 27.2. The van der Waals surface area contributed by atoms with E-state index in [0.29, 0.717) is 22.8 Å². The number of hydrogen-bond donors (Lipinski definition) is 4. The number of carboxylic acid groups (broad SMARTS) is 1. The minimum absolute atomic E-state index is 0.121. The molecule has 3 aromatic heterocycles. The predicted molar refractivity (Wildman–Crippen MR) is 143 cm³/mol. The van der Waals surface area contributed by atoms with Gasteiger partial charge in [0.25, 0.3) is 0 Å². The Kier molecular flexibility index (Phi) is 5.37. The van der Waals surface area contributed by atoms with Crippen molar-refractivity contribution in [3.8, 4) is 0 Å².